The van der Waals surface area contributed by atoms with Gasteiger partial charge in [0, 0.05) is 34.4 Å². The van der Waals surface area contributed by atoms with Crippen LogP contribution in [0, 0.1) is 0 Å². The largest absolute Gasteiger partial charge is 0.313 e. The van der Waals surface area contributed by atoms with Crippen molar-refractivity contribution in [3.8, 4) is 10.7 Å². The molecule has 0 atom stereocenters. The van der Waals surface area contributed by atoms with Gasteiger partial charge < -0.3 is 5.32 Å². The third-order valence-corrected chi connectivity index (χ3v) is 3.94. The Labute approximate surface area is 113 Å². The molecule has 0 bridgehead atoms. The Balaban J connectivity index is 2.02. The quantitative estimate of drug-likeness (QED) is 0.859. The lowest BCUT2D eigenvalue weighted by Crippen LogP contribution is -2.14. The molecule has 2 rings (SSSR count). The molecule has 0 spiro atoms. The van der Waals surface area contributed by atoms with Gasteiger partial charge in [0.25, 0.3) is 0 Å². The molecule has 0 aromatic carbocycles. The summed E-state index contributed by atoms with van der Waals surface area (Å²) in [6.45, 7) is 4.02. The summed E-state index contributed by atoms with van der Waals surface area (Å²) >= 11 is 5.07. The highest BCUT2D eigenvalue weighted by Gasteiger charge is 2.04. The van der Waals surface area contributed by atoms with Crippen LogP contribution in [-0.2, 0) is 6.54 Å². The molecule has 0 unspecified atom stereocenters. The van der Waals surface area contributed by atoms with Crippen molar-refractivity contribution >= 4 is 27.3 Å². The van der Waals surface area contributed by atoms with E-state index >= 15 is 0 Å². The first kappa shape index (κ1) is 12.7. The summed E-state index contributed by atoms with van der Waals surface area (Å²) in [7, 11) is 0. The Morgan fingerprint density at radius 3 is 2.71 bits per heavy atom. The fourth-order valence-corrected chi connectivity index (χ4v) is 2.79. The first-order valence-electron chi connectivity index (χ1n) is 5.55. The van der Waals surface area contributed by atoms with Crippen molar-refractivity contribution in [3.63, 3.8) is 0 Å². The second-order valence-electron chi connectivity index (χ2n) is 3.72. The maximum atomic E-state index is 4.38. The maximum Gasteiger partial charge on any atom is 0.169 e. The molecule has 5 heteroatoms. The highest BCUT2D eigenvalue weighted by Crippen LogP contribution is 2.26. The van der Waals surface area contributed by atoms with Gasteiger partial charge in [0.15, 0.2) is 5.82 Å². The Morgan fingerprint density at radius 1 is 1.35 bits per heavy atom. The molecule has 0 amide bonds. The number of nitrogens with one attached hydrogen (secondary N) is 1. The van der Waals surface area contributed by atoms with Crippen LogP contribution >= 0.6 is 27.3 Å². The van der Waals surface area contributed by atoms with Crippen molar-refractivity contribution in [3.05, 3.63) is 33.9 Å². The van der Waals surface area contributed by atoms with Crippen LogP contribution in [0.15, 0.2) is 28.3 Å². The van der Waals surface area contributed by atoms with Crippen molar-refractivity contribution in [1.82, 2.24) is 15.3 Å². The summed E-state index contributed by atoms with van der Waals surface area (Å²) in [6, 6.07) is 2.04. The molecule has 0 saturated carbocycles. The van der Waals surface area contributed by atoms with Gasteiger partial charge in [-0.1, -0.05) is 6.92 Å². The van der Waals surface area contributed by atoms with E-state index in [-0.39, 0.29) is 0 Å². The minimum Gasteiger partial charge on any atom is -0.313 e. The number of thiophene rings is 1. The average molecular weight is 312 g/mol. The molecule has 2 heterocycles. The topological polar surface area (TPSA) is 37.8 Å². The molecule has 0 aliphatic heterocycles. The van der Waals surface area contributed by atoms with Crippen LogP contribution in [-0.4, -0.2) is 16.5 Å². The Bertz CT molecular complexity index is 467. The minimum atomic E-state index is 0.792. The van der Waals surface area contributed by atoms with Gasteiger partial charge in [-0.15, -0.1) is 11.3 Å². The summed E-state index contributed by atoms with van der Waals surface area (Å²) in [5.41, 5.74) is 1.12. The predicted octanol–water partition coefficient (Wildman–Crippen LogP) is 3.47. The second-order valence-corrected chi connectivity index (χ2v) is 5.55. The third-order valence-electron chi connectivity index (χ3n) is 2.25. The van der Waals surface area contributed by atoms with E-state index in [1.165, 1.54) is 0 Å². The van der Waals surface area contributed by atoms with E-state index in [0.717, 1.165) is 40.2 Å². The SMILES string of the molecule is CCCNCc1cnc(-c2cc(Br)cs2)nc1. The monoisotopic (exact) mass is 311 g/mol. The molecule has 0 fully saturated rings. The van der Waals surface area contributed by atoms with Crippen LogP contribution < -0.4 is 5.32 Å². The van der Waals surface area contributed by atoms with E-state index in [1.807, 2.05) is 23.8 Å². The zero-order valence-electron chi connectivity index (χ0n) is 9.61. The molecular weight excluding hydrogens is 298 g/mol. The van der Waals surface area contributed by atoms with Crippen LogP contribution in [0.25, 0.3) is 10.7 Å². The fraction of sp³-hybridized carbons (Fsp3) is 0.333. The van der Waals surface area contributed by atoms with Crippen molar-refractivity contribution in [1.29, 1.82) is 0 Å². The highest BCUT2D eigenvalue weighted by atomic mass is 79.9. The summed E-state index contributed by atoms with van der Waals surface area (Å²) in [5.74, 6) is 0.792. The van der Waals surface area contributed by atoms with Crippen LogP contribution in [0.2, 0.25) is 0 Å². The molecule has 3 nitrogen and oxygen atoms in total. The van der Waals surface area contributed by atoms with Crippen molar-refractivity contribution in [2.24, 2.45) is 0 Å². The Kier molecular flexibility index (Phi) is 4.65. The number of hydrogen-bond donors (Lipinski definition) is 1. The lowest BCUT2D eigenvalue weighted by atomic mass is 10.3. The molecule has 90 valence electrons. The molecule has 0 saturated heterocycles. The van der Waals surface area contributed by atoms with E-state index in [0.29, 0.717) is 0 Å². The molecular formula is C12H14BrN3S. The first-order chi connectivity index (χ1) is 8.29. The minimum absolute atomic E-state index is 0.792. The Morgan fingerprint density at radius 2 is 2.12 bits per heavy atom. The van der Waals surface area contributed by atoms with Crippen LogP contribution in [0.4, 0.5) is 0 Å². The van der Waals surface area contributed by atoms with Crippen molar-refractivity contribution in [2.45, 2.75) is 19.9 Å². The second kappa shape index (κ2) is 6.23. The van der Waals surface area contributed by atoms with Crippen LogP contribution in [0.5, 0.6) is 0 Å². The number of rotatable bonds is 5. The Hall–Kier alpha value is -0.780. The molecule has 0 aliphatic rings. The summed E-state index contributed by atoms with van der Waals surface area (Å²) < 4.78 is 1.08. The van der Waals surface area contributed by atoms with Gasteiger partial charge in [-0.3, -0.25) is 0 Å². The zero-order valence-corrected chi connectivity index (χ0v) is 12.0. The van der Waals surface area contributed by atoms with Gasteiger partial charge in [-0.2, -0.15) is 0 Å². The highest BCUT2D eigenvalue weighted by molar-refractivity contribution is 9.10. The smallest absolute Gasteiger partial charge is 0.169 e. The average Bonchev–Trinajstić information content (AvgIpc) is 2.77. The van der Waals surface area contributed by atoms with Gasteiger partial charge >= 0.3 is 0 Å². The molecule has 2 aromatic heterocycles. The van der Waals surface area contributed by atoms with Gasteiger partial charge in [-0.05, 0) is 35.0 Å². The molecule has 0 aliphatic carbocycles. The molecule has 0 radical (unpaired) electrons. The number of aromatic nitrogens is 2. The first-order valence-corrected chi connectivity index (χ1v) is 7.23. The van der Waals surface area contributed by atoms with Gasteiger partial charge in [0.1, 0.15) is 0 Å². The van der Waals surface area contributed by atoms with Gasteiger partial charge in [-0.25, -0.2) is 9.97 Å². The third kappa shape index (κ3) is 3.59. The van der Waals surface area contributed by atoms with Gasteiger partial charge in [0.2, 0.25) is 0 Å². The molecule has 2 aromatic rings. The maximum absolute atomic E-state index is 4.38. The van der Waals surface area contributed by atoms with E-state index < -0.39 is 0 Å². The predicted molar refractivity (Wildman–Crippen MR) is 75.0 cm³/mol. The summed E-state index contributed by atoms with van der Waals surface area (Å²) in [5, 5.41) is 5.37. The normalized spacial score (nSPS) is 10.7. The van der Waals surface area contributed by atoms with Crippen LogP contribution in [0.1, 0.15) is 18.9 Å². The van der Waals surface area contributed by atoms with Gasteiger partial charge in [0.05, 0.1) is 4.88 Å². The lowest BCUT2D eigenvalue weighted by Gasteiger charge is -2.02. The number of nitrogens with zero attached hydrogens (tertiary/aromatic N) is 2. The van der Waals surface area contributed by atoms with Crippen molar-refractivity contribution in [2.75, 3.05) is 6.54 Å². The standard InChI is InChI=1S/C12H14BrN3S/c1-2-3-14-5-9-6-15-12(16-7-9)11-4-10(13)8-17-11/h4,6-8,14H,2-3,5H2,1H3. The number of hydrogen-bond acceptors (Lipinski definition) is 4. The van der Waals surface area contributed by atoms with Crippen molar-refractivity contribution < 1.29 is 0 Å². The van der Waals surface area contributed by atoms with E-state index in [1.54, 1.807) is 11.3 Å². The van der Waals surface area contributed by atoms with E-state index in [4.69, 9.17) is 0 Å². The lowest BCUT2D eigenvalue weighted by molar-refractivity contribution is 0.672. The van der Waals surface area contributed by atoms with E-state index in [2.05, 4.69) is 38.1 Å². The number of halogens is 1. The molecule has 1 N–H and O–H groups in total. The summed E-state index contributed by atoms with van der Waals surface area (Å²) in [6.07, 6.45) is 4.92. The fourth-order valence-electron chi connectivity index (χ4n) is 1.41. The summed E-state index contributed by atoms with van der Waals surface area (Å²) in [4.78, 5) is 9.85. The zero-order chi connectivity index (χ0) is 12.1. The van der Waals surface area contributed by atoms with Crippen LogP contribution in [0.3, 0.4) is 0 Å². The van der Waals surface area contributed by atoms with E-state index in [9.17, 15) is 0 Å². The molecule has 17 heavy (non-hydrogen) atoms.